The Hall–Kier alpha value is -1.49. The summed E-state index contributed by atoms with van der Waals surface area (Å²) in [7, 11) is 0.394. The minimum atomic E-state index is -0.938. The smallest absolute Gasteiger partial charge is 0.310 e. The maximum Gasteiger partial charge on any atom is 0.310 e. The van der Waals surface area contributed by atoms with Gasteiger partial charge in [0.25, 0.3) is 0 Å². The zero-order valence-electron chi connectivity index (χ0n) is 13.8. The topological polar surface area (TPSA) is 42.6 Å². The van der Waals surface area contributed by atoms with Crippen LogP contribution in [0.2, 0.25) is 5.02 Å². The minimum absolute atomic E-state index is 0.394. The van der Waals surface area contributed by atoms with E-state index in [2.05, 4.69) is 0 Å². The molecule has 0 spiro atoms. The molecule has 23 heavy (non-hydrogen) atoms. The monoisotopic (exact) mass is 330 g/mol. The fraction of sp³-hybridized carbons (Fsp3) is 0.333. The number of hydrogen-bond donors (Lipinski definition) is 1. The molecule has 0 fully saturated rings. The lowest BCUT2D eigenvalue weighted by Crippen LogP contribution is -2.49. The molecule has 0 bridgehead atoms. The maximum atomic E-state index is 10.2. The predicted molar refractivity (Wildman–Crippen MR) is 97.0 cm³/mol. The highest BCUT2D eigenvalue weighted by Gasteiger charge is 2.35. The molecule has 0 amide bonds. The second-order valence-electron chi connectivity index (χ2n) is 6.89. The zero-order chi connectivity index (χ0) is 16.8. The highest BCUT2D eigenvalue weighted by Crippen LogP contribution is 2.30. The fourth-order valence-electron chi connectivity index (χ4n) is 2.43. The molecule has 0 aliphatic carbocycles. The first-order valence-electron chi connectivity index (χ1n) is 7.65. The van der Waals surface area contributed by atoms with E-state index in [1.807, 2.05) is 50.2 Å². The molecule has 3 nitrogen and oxygen atoms in total. The van der Waals surface area contributed by atoms with Gasteiger partial charge in [-0.2, -0.15) is 0 Å². The molecule has 3 rings (SSSR count). The SMILES string of the molecule is CC(C)(O)C(C)(C)OBc1cccc2oc3cc(Cl)ccc3c12. The Morgan fingerprint density at radius 1 is 1.09 bits per heavy atom. The first-order chi connectivity index (χ1) is 10.7. The van der Waals surface area contributed by atoms with E-state index in [1.54, 1.807) is 13.8 Å². The van der Waals surface area contributed by atoms with E-state index in [9.17, 15) is 5.11 Å². The molecule has 2 aromatic carbocycles. The van der Waals surface area contributed by atoms with Gasteiger partial charge in [0.2, 0.25) is 0 Å². The van der Waals surface area contributed by atoms with Crippen LogP contribution in [0.15, 0.2) is 40.8 Å². The van der Waals surface area contributed by atoms with Gasteiger partial charge in [0, 0.05) is 21.9 Å². The van der Waals surface area contributed by atoms with E-state index < -0.39 is 11.2 Å². The fourth-order valence-corrected chi connectivity index (χ4v) is 2.59. The molecule has 1 aromatic heterocycles. The van der Waals surface area contributed by atoms with Gasteiger partial charge >= 0.3 is 7.48 Å². The van der Waals surface area contributed by atoms with Crippen molar-refractivity contribution >= 4 is 46.5 Å². The highest BCUT2D eigenvalue weighted by molar-refractivity contribution is 6.52. The van der Waals surface area contributed by atoms with Crippen LogP contribution in [0.5, 0.6) is 0 Å². The van der Waals surface area contributed by atoms with Crippen molar-refractivity contribution in [2.45, 2.75) is 38.9 Å². The molecule has 0 unspecified atom stereocenters. The summed E-state index contributed by atoms with van der Waals surface area (Å²) in [4.78, 5) is 0. The van der Waals surface area contributed by atoms with Crippen molar-refractivity contribution in [2.75, 3.05) is 0 Å². The second kappa shape index (κ2) is 5.55. The standard InChI is InChI=1S/C18H20BClO3/c1-17(2,21)18(3,4)23-19-13-6-5-7-14-16(13)12-9-8-11(20)10-15(12)22-14/h5-10,19,21H,1-4H3. The minimum Gasteiger partial charge on any atom is -0.456 e. The van der Waals surface area contributed by atoms with Gasteiger partial charge in [0.1, 0.15) is 11.2 Å². The van der Waals surface area contributed by atoms with E-state index in [4.69, 9.17) is 20.7 Å². The second-order valence-corrected chi connectivity index (χ2v) is 7.33. The molecular weight excluding hydrogens is 310 g/mol. The molecule has 0 saturated heterocycles. The maximum absolute atomic E-state index is 10.2. The number of rotatable bonds is 4. The molecule has 120 valence electrons. The molecule has 0 atom stereocenters. The summed E-state index contributed by atoms with van der Waals surface area (Å²) in [6.07, 6.45) is 0. The third kappa shape index (κ3) is 2.99. The molecule has 5 heteroatoms. The Balaban J connectivity index is 2.03. The van der Waals surface area contributed by atoms with Crippen molar-refractivity contribution in [1.29, 1.82) is 0 Å². The van der Waals surface area contributed by atoms with Crippen LogP contribution in [-0.4, -0.2) is 23.8 Å². The van der Waals surface area contributed by atoms with Crippen molar-refractivity contribution < 1.29 is 14.2 Å². The third-order valence-corrected chi connectivity index (χ3v) is 4.84. The van der Waals surface area contributed by atoms with Crippen molar-refractivity contribution in [2.24, 2.45) is 0 Å². The number of benzene rings is 2. The van der Waals surface area contributed by atoms with Gasteiger partial charge in [-0.3, -0.25) is 0 Å². The highest BCUT2D eigenvalue weighted by atomic mass is 35.5. The van der Waals surface area contributed by atoms with Crippen molar-refractivity contribution in [3.63, 3.8) is 0 Å². The summed E-state index contributed by atoms with van der Waals surface area (Å²) in [5.41, 5.74) is 0.997. The van der Waals surface area contributed by atoms with Crippen LogP contribution < -0.4 is 5.46 Å². The Morgan fingerprint density at radius 2 is 1.83 bits per heavy atom. The Kier molecular flexibility index (Phi) is 3.95. The van der Waals surface area contributed by atoms with Gasteiger partial charge in [-0.1, -0.05) is 23.7 Å². The van der Waals surface area contributed by atoms with Gasteiger partial charge in [0.15, 0.2) is 0 Å². The molecule has 1 N–H and O–H groups in total. The lowest BCUT2D eigenvalue weighted by molar-refractivity contribution is -0.0893. The number of fused-ring (bicyclic) bond motifs is 3. The van der Waals surface area contributed by atoms with Gasteiger partial charge < -0.3 is 14.2 Å². The van der Waals surface area contributed by atoms with E-state index >= 15 is 0 Å². The summed E-state index contributed by atoms with van der Waals surface area (Å²) >= 11 is 6.04. The number of halogens is 1. The van der Waals surface area contributed by atoms with Gasteiger partial charge in [-0.15, -0.1) is 0 Å². The quantitative estimate of drug-likeness (QED) is 0.740. The van der Waals surface area contributed by atoms with Crippen LogP contribution in [0.25, 0.3) is 21.9 Å². The third-order valence-electron chi connectivity index (χ3n) is 4.61. The summed E-state index contributed by atoms with van der Waals surface area (Å²) in [5.74, 6) is 0. The van der Waals surface area contributed by atoms with Gasteiger partial charge in [-0.05, 0) is 51.4 Å². The summed E-state index contributed by atoms with van der Waals surface area (Å²) < 4.78 is 11.9. The Morgan fingerprint density at radius 3 is 2.52 bits per heavy atom. The summed E-state index contributed by atoms with van der Waals surface area (Å²) in [6, 6.07) is 11.6. The molecular formula is C18H20BClO3. The van der Waals surface area contributed by atoms with E-state index in [0.29, 0.717) is 12.5 Å². The Labute approximate surface area is 141 Å². The summed E-state index contributed by atoms with van der Waals surface area (Å²) in [5, 5.41) is 12.9. The van der Waals surface area contributed by atoms with Crippen LogP contribution in [-0.2, 0) is 4.65 Å². The van der Waals surface area contributed by atoms with Crippen LogP contribution in [0.4, 0.5) is 0 Å². The normalized spacial score (nSPS) is 13.0. The van der Waals surface area contributed by atoms with Crippen LogP contribution in [0.1, 0.15) is 27.7 Å². The number of furan rings is 1. The first-order valence-corrected chi connectivity index (χ1v) is 8.03. The zero-order valence-corrected chi connectivity index (χ0v) is 14.6. The molecule has 0 aliphatic heterocycles. The number of aliphatic hydroxyl groups is 1. The average molecular weight is 331 g/mol. The van der Waals surface area contributed by atoms with Gasteiger partial charge in [-0.25, -0.2) is 0 Å². The average Bonchev–Trinajstić information content (AvgIpc) is 2.81. The van der Waals surface area contributed by atoms with Gasteiger partial charge in [0.05, 0.1) is 11.2 Å². The molecule has 0 aliphatic rings. The van der Waals surface area contributed by atoms with E-state index in [0.717, 1.165) is 27.4 Å². The van der Waals surface area contributed by atoms with Crippen LogP contribution in [0, 0.1) is 0 Å². The predicted octanol–water partition coefficient (Wildman–Crippen LogP) is 3.78. The van der Waals surface area contributed by atoms with Crippen molar-refractivity contribution in [1.82, 2.24) is 0 Å². The van der Waals surface area contributed by atoms with E-state index in [1.165, 1.54) is 0 Å². The molecule has 0 radical (unpaired) electrons. The van der Waals surface area contributed by atoms with Crippen LogP contribution in [0.3, 0.4) is 0 Å². The largest absolute Gasteiger partial charge is 0.456 e. The lowest BCUT2D eigenvalue weighted by Gasteiger charge is -2.37. The van der Waals surface area contributed by atoms with E-state index in [-0.39, 0.29) is 0 Å². The van der Waals surface area contributed by atoms with Crippen molar-refractivity contribution in [3.05, 3.63) is 41.4 Å². The number of hydrogen-bond acceptors (Lipinski definition) is 3. The molecule has 3 aromatic rings. The lowest BCUT2D eigenvalue weighted by atomic mass is 9.80. The first kappa shape index (κ1) is 16.4. The molecule has 0 saturated carbocycles. The summed E-state index contributed by atoms with van der Waals surface area (Å²) in [6.45, 7) is 7.28. The molecule has 1 heterocycles. The Bertz CT molecular complexity index is 862. The van der Waals surface area contributed by atoms with Crippen molar-refractivity contribution in [3.8, 4) is 0 Å². The van der Waals surface area contributed by atoms with Crippen LogP contribution >= 0.6 is 11.6 Å².